The van der Waals surface area contributed by atoms with Crippen molar-refractivity contribution in [1.29, 1.82) is 0 Å². The highest BCUT2D eigenvalue weighted by atomic mass is 32.1. The predicted molar refractivity (Wildman–Crippen MR) is 48.3 cm³/mol. The van der Waals surface area contributed by atoms with Crippen LogP contribution in [-0.2, 0) is 7.05 Å². The fourth-order valence-corrected chi connectivity index (χ4v) is 1.27. The first-order valence-corrected chi connectivity index (χ1v) is 3.99. The second-order valence-corrected chi connectivity index (χ2v) is 2.93. The van der Waals surface area contributed by atoms with Crippen molar-refractivity contribution in [2.75, 3.05) is 0 Å². The van der Waals surface area contributed by atoms with Gasteiger partial charge in [0.2, 0.25) is 4.77 Å². The largest absolute Gasteiger partial charge is 0.348 e. The van der Waals surface area contributed by atoms with Crippen LogP contribution in [-0.4, -0.2) is 24.5 Å². The van der Waals surface area contributed by atoms with Gasteiger partial charge in [-0.25, -0.2) is 14.5 Å². The van der Waals surface area contributed by atoms with Gasteiger partial charge < -0.3 is 0 Å². The number of aryl methyl sites for hydroxylation is 1. The van der Waals surface area contributed by atoms with E-state index in [0.29, 0.717) is 10.6 Å². The Hall–Kier alpha value is -1.63. The highest BCUT2D eigenvalue weighted by molar-refractivity contribution is 7.71. The van der Waals surface area contributed by atoms with Gasteiger partial charge in [0.05, 0.1) is 0 Å². The Morgan fingerprint density at radius 2 is 2.31 bits per heavy atom. The lowest BCUT2D eigenvalue weighted by Crippen LogP contribution is -2.15. The number of aromatic amines is 2. The Bertz CT molecular complexity index is 502. The summed E-state index contributed by atoms with van der Waals surface area (Å²) >= 11 is 4.89. The van der Waals surface area contributed by atoms with E-state index in [9.17, 15) is 4.79 Å². The van der Waals surface area contributed by atoms with Crippen molar-refractivity contribution in [3.05, 3.63) is 27.5 Å². The highest BCUT2D eigenvalue weighted by Crippen LogP contribution is 1.98. The van der Waals surface area contributed by atoms with Gasteiger partial charge in [-0.05, 0) is 12.2 Å². The number of aromatic nitrogens is 5. The zero-order valence-electron chi connectivity index (χ0n) is 6.81. The molecule has 0 amide bonds. The minimum atomic E-state index is -0.316. The summed E-state index contributed by atoms with van der Waals surface area (Å²) in [6.45, 7) is 0. The predicted octanol–water partition coefficient (Wildman–Crippen LogP) is -0.0433. The van der Waals surface area contributed by atoms with Crippen molar-refractivity contribution in [3.8, 4) is 5.82 Å². The Balaban J connectivity index is 2.71. The number of nitrogens with one attached hydrogen (secondary N) is 2. The lowest BCUT2D eigenvalue weighted by atomic mass is 10.6. The molecule has 0 spiro atoms. The lowest BCUT2D eigenvalue weighted by Gasteiger charge is -1.91. The molecule has 0 saturated carbocycles. The molecular weight excluding hydrogens is 190 g/mol. The normalized spacial score (nSPS) is 10.5. The van der Waals surface area contributed by atoms with Crippen LogP contribution in [0.5, 0.6) is 0 Å². The molecule has 0 saturated heterocycles. The molecule has 2 aromatic rings. The van der Waals surface area contributed by atoms with Crippen molar-refractivity contribution in [1.82, 2.24) is 24.5 Å². The van der Waals surface area contributed by atoms with E-state index in [1.165, 1.54) is 4.57 Å². The molecule has 0 fully saturated rings. The van der Waals surface area contributed by atoms with Crippen molar-refractivity contribution in [2.45, 2.75) is 0 Å². The Morgan fingerprint density at radius 3 is 2.77 bits per heavy atom. The molecule has 0 aliphatic heterocycles. The molecule has 6 nitrogen and oxygen atoms in total. The Kier molecular flexibility index (Phi) is 1.66. The van der Waals surface area contributed by atoms with E-state index in [4.69, 9.17) is 12.2 Å². The molecule has 0 aliphatic rings. The lowest BCUT2D eigenvalue weighted by molar-refractivity contribution is 0.745. The fraction of sp³-hybridized carbons (Fsp3) is 0.167. The standard InChI is InChI=1S/C6H7N5OS/c1-10-3-2-4(9-10)11-5(12)7-8-6(11)13/h2-3H,1H3,(H,7,12)(H,8,13). The van der Waals surface area contributed by atoms with Gasteiger partial charge in [0.15, 0.2) is 5.82 Å². The van der Waals surface area contributed by atoms with E-state index in [2.05, 4.69) is 15.3 Å². The maximum Gasteiger partial charge on any atom is 0.348 e. The molecule has 0 unspecified atom stereocenters. The Labute approximate surface area is 77.8 Å². The van der Waals surface area contributed by atoms with Gasteiger partial charge in [0.1, 0.15) is 0 Å². The van der Waals surface area contributed by atoms with Crippen LogP contribution < -0.4 is 5.69 Å². The van der Waals surface area contributed by atoms with E-state index in [1.807, 2.05) is 0 Å². The van der Waals surface area contributed by atoms with Crippen LogP contribution in [0.1, 0.15) is 0 Å². The van der Waals surface area contributed by atoms with E-state index >= 15 is 0 Å². The molecule has 2 N–H and O–H groups in total. The van der Waals surface area contributed by atoms with Crippen molar-refractivity contribution in [3.63, 3.8) is 0 Å². The molecule has 0 radical (unpaired) electrons. The van der Waals surface area contributed by atoms with Crippen LogP contribution in [0.25, 0.3) is 5.82 Å². The second kappa shape index (κ2) is 2.70. The summed E-state index contributed by atoms with van der Waals surface area (Å²) < 4.78 is 3.20. The van der Waals surface area contributed by atoms with Gasteiger partial charge >= 0.3 is 5.69 Å². The second-order valence-electron chi connectivity index (χ2n) is 2.54. The van der Waals surface area contributed by atoms with Gasteiger partial charge in [0.25, 0.3) is 0 Å². The molecule has 13 heavy (non-hydrogen) atoms. The molecule has 0 atom stereocenters. The maximum atomic E-state index is 11.2. The highest BCUT2D eigenvalue weighted by Gasteiger charge is 2.04. The summed E-state index contributed by atoms with van der Waals surface area (Å²) in [6.07, 6.45) is 1.74. The number of hydrogen-bond acceptors (Lipinski definition) is 3. The van der Waals surface area contributed by atoms with Crippen LogP contribution in [0.3, 0.4) is 0 Å². The van der Waals surface area contributed by atoms with Crippen LogP contribution in [0.15, 0.2) is 17.1 Å². The third kappa shape index (κ3) is 1.22. The zero-order chi connectivity index (χ0) is 9.42. The quantitative estimate of drug-likeness (QED) is 0.630. The van der Waals surface area contributed by atoms with Crippen LogP contribution in [0.2, 0.25) is 0 Å². The number of nitrogens with zero attached hydrogens (tertiary/aromatic N) is 3. The summed E-state index contributed by atoms with van der Waals surface area (Å²) in [5.41, 5.74) is -0.316. The monoisotopic (exact) mass is 197 g/mol. The number of rotatable bonds is 1. The fourth-order valence-electron chi connectivity index (χ4n) is 1.04. The summed E-state index contributed by atoms with van der Waals surface area (Å²) in [5.74, 6) is 0.509. The van der Waals surface area contributed by atoms with Gasteiger partial charge in [-0.1, -0.05) is 0 Å². The molecule has 2 heterocycles. The zero-order valence-corrected chi connectivity index (χ0v) is 7.63. The average molecular weight is 197 g/mol. The Morgan fingerprint density at radius 1 is 1.54 bits per heavy atom. The molecule has 2 rings (SSSR count). The van der Waals surface area contributed by atoms with Crippen LogP contribution >= 0.6 is 12.2 Å². The summed E-state index contributed by atoms with van der Waals surface area (Å²) in [6, 6.07) is 1.71. The smallest absolute Gasteiger partial charge is 0.274 e. The molecule has 2 aromatic heterocycles. The van der Waals surface area contributed by atoms with E-state index < -0.39 is 0 Å². The van der Waals surface area contributed by atoms with Gasteiger partial charge in [-0.3, -0.25) is 9.78 Å². The van der Waals surface area contributed by atoms with E-state index in [0.717, 1.165) is 0 Å². The van der Waals surface area contributed by atoms with Crippen LogP contribution in [0, 0.1) is 4.77 Å². The van der Waals surface area contributed by atoms with Gasteiger partial charge in [-0.15, -0.1) is 0 Å². The minimum absolute atomic E-state index is 0.309. The van der Waals surface area contributed by atoms with Crippen molar-refractivity contribution >= 4 is 12.2 Å². The summed E-state index contributed by atoms with van der Waals surface area (Å²) in [5, 5.41) is 8.96. The van der Waals surface area contributed by atoms with Gasteiger partial charge in [0, 0.05) is 19.3 Å². The average Bonchev–Trinajstić information content (AvgIpc) is 2.60. The number of H-pyrrole nitrogens is 2. The third-order valence-corrected chi connectivity index (χ3v) is 1.90. The van der Waals surface area contributed by atoms with Crippen LogP contribution in [0.4, 0.5) is 0 Å². The van der Waals surface area contributed by atoms with Gasteiger partial charge in [-0.2, -0.15) is 5.10 Å². The minimum Gasteiger partial charge on any atom is -0.274 e. The molecule has 0 bridgehead atoms. The summed E-state index contributed by atoms with van der Waals surface area (Å²) in [7, 11) is 1.77. The molecule has 68 valence electrons. The molecule has 0 aromatic carbocycles. The summed E-state index contributed by atoms with van der Waals surface area (Å²) in [4.78, 5) is 11.2. The van der Waals surface area contributed by atoms with Crippen molar-refractivity contribution < 1.29 is 0 Å². The first-order valence-electron chi connectivity index (χ1n) is 3.58. The molecule has 7 heteroatoms. The molecular formula is C6H7N5OS. The first-order chi connectivity index (χ1) is 6.18. The SMILES string of the molecule is Cn1ccc(-n2c(=O)[nH][nH]c2=S)n1. The number of hydrogen-bond donors (Lipinski definition) is 2. The molecule has 0 aliphatic carbocycles. The first kappa shape index (κ1) is 7.99. The third-order valence-electron chi connectivity index (χ3n) is 1.61. The topological polar surface area (TPSA) is 71.4 Å². The van der Waals surface area contributed by atoms with E-state index in [1.54, 1.807) is 24.0 Å². The van der Waals surface area contributed by atoms with Crippen molar-refractivity contribution in [2.24, 2.45) is 7.05 Å². The maximum absolute atomic E-state index is 11.2. The van der Waals surface area contributed by atoms with E-state index in [-0.39, 0.29) is 5.69 Å².